The van der Waals surface area contributed by atoms with Gasteiger partial charge in [0.05, 0.1) is 11.4 Å². The molecule has 2 heterocycles. The van der Waals surface area contributed by atoms with Gasteiger partial charge in [-0.2, -0.15) is 0 Å². The van der Waals surface area contributed by atoms with Gasteiger partial charge in [0, 0.05) is 36.1 Å². The van der Waals surface area contributed by atoms with Gasteiger partial charge in [-0.05, 0) is 38.5 Å². The lowest BCUT2D eigenvalue weighted by atomic mass is 10.1. The molecular formula is C17H19N3O2. The number of nitrogens with one attached hydrogen (secondary N) is 1. The molecule has 0 bridgehead atoms. The summed E-state index contributed by atoms with van der Waals surface area (Å²) in [7, 11) is 1.99. The van der Waals surface area contributed by atoms with Crippen molar-refractivity contribution in [3.8, 4) is 0 Å². The van der Waals surface area contributed by atoms with E-state index in [1.54, 1.807) is 0 Å². The first-order valence-corrected chi connectivity index (χ1v) is 7.32. The Balaban J connectivity index is 1.71. The predicted octanol–water partition coefficient (Wildman–Crippen LogP) is 3.35. The van der Waals surface area contributed by atoms with Crippen molar-refractivity contribution in [1.82, 2.24) is 9.72 Å². The smallest absolute Gasteiger partial charge is 0.224 e. The number of hydrogen-bond donors (Lipinski definition) is 1. The number of carbonyl (C=O) groups is 1. The van der Waals surface area contributed by atoms with Crippen LogP contribution in [0.4, 0.5) is 5.69 Å². The van der Waals surface area contributed by atoms with Crippen LogP contribution in [0.1, 0.15) is 23.4 Å². The number of hydrogen-bond acceptors (Lipinski definition) is 3. The average Bonchev–Trinajstić information content (AvgIpc) is 3.02. The fourth-order valence-corrected chi connectivity index (χ4v) is 2.72. The maximum atomic E-state index is 12.2. The zero-order valence-corrected chi connectivity index (χ0v) is 13.0. The van der Waals surface area contributed by atoms with Gasteiger partial charge < -0.3 is 14.4 Å². The van der Waals surface area contributed by atoms with Crippen LogP contribution in [0.15, 0.2) is 35.0 Å². The number of aromatic nitrogens is 2. The SMILES string of the molecule is Cc1noc(C)c1CCC(=O)Nc1cccc2c1ccn2C. The monoisotopic (exact) mass is 297 g/mol. The highest BCUT2D eigenvalue weighted by molar-refractivity contribution is 6.01. The Bertz CT molecular complexity index is 810. The van der Waals surface area contributed by atoms with E-state index < -0.39 is 0 Å². The third-order valence-electron chi connectivity index (χ3n) is 3.99. The molecule has 0 saturated carbocycles. The van der Waals surface area contributed by atoms with E-state index >= 15 is 0 Å². The van der Waals surface area contributed by atoms with Crippen molar-refractivity contribution in [1.29, 1.82) is 0 Å². The summed E-state index contributed by atoms with van der Waals surface area (Å²) in [6.07, 6.45) is 3.04. The zero-order valence-electron chi connectivity index (χ0n) is 13.0. The van der Waals surface area contributed by atoms with Crippen LogP contribution in [-0.2, 0) is 18.3 Å². The zero-order chi connectivity index (χ0) is 15.7. The minimum absolute atomic E-state index is 0.00338. The summed E-state index contributed by atoms with van der Waals surface area (Å²) < 4.78 is 7.16. The van der Waals surface area contributed by atoms with Crippen molar-refractivity contribution in [3.63, 3.8) is 0 Å². The number of fused-ring (bicyclic) bond motifs is 1. The lowest BCUT2D eigenvalue weighted by Crippen LogP contribution is -2.12. The number of nitrogens with zero attached hydrogens (tertiary/aromatic N) is 2. The summed E-state index contributed by atoms with van der Waals surface area (Å²) >= 11 is 0. The first-order chi connectivity index (χ1) is 10.6. The van der Waals surface area contributed by atoms with Crippen LogP contribution < -0.4 is 5.32 Å². The second-order valence-electron chi connectivity index (χ2n) is 5.52. The summed E-state index contributed by atoms with van der Waals surface area (Å²) in [5.74, 6) is 0.784. The van der Waals surface area contributed by atoms with Crippen LogP contribution in [0.5, 0.6) is 0 Å². The van der Waals surface area contributed by atoms with Gasteiger partial charge in [-0.1, -0.05) is 11.2 Å². The normalized spacial score (nSPS) is 11.0. The van der Waals surface area contributed by atoms with Gasteiger partial charge >= 0.3 is 0 Å². The van der Waals surface area contributed by atoms with E-state index in [1.165, 1.54) is 0 Å². The van der Waals surface area contributed by atoms with Crippen LogP contribution in [0.2, 0.25) is 0 Å². The molecule has 114 valence electrons. The Morgan fingerprint density at radius 1 is 1.32 bits per heavy atom. The van der Waals surface area contributed by atoms with E-state index in [0.717, 1.165) is 33.6 Å². The number of carbonyl (C=O) groups excluding carboxylic acids is 1. The van der Waals surface area contributed by atoms with Crippen LogP contribution in [0.25, 0.3) is 10.9 Å². The first-order valence-electron chi connectivity index (χ1n) is 7.32. The molecule has 0 fully saturated rings. The van der Waals surface area contributed by atoms with Gasteiger partial charge in [-0.3, -0.25) is 4.79 Å². The van der Waals surface area contributed by atoms with Gasteiger partial charge in [-0.25, -0.2) is 0 Å². The summed E-state index contributed by atoms with van der Waals surface area (Å²) in [4.78, 5) is 12.2. The predicted molar refractivity (Wildman–Crippen MR) is 85.8 cm³/mol. The average molecular weight is 297 g/mol. The summed E-state index contributed by atoms with van der Waals surface area (Å²) in [5, 5.41) is 7.96. The van der Waals surface area contributed by atoms with Crippen LogP contribution in [0, 0.1) is 13.8 Å². The number of rotatable bonds is 4. The van der Waals surface area contributed by atoms with Crippen LogP contribution >= 0.6 is 0 Å². The molecule has 5 nitrogen and oxygen atoms in total. The Morgan fingerprint density at radius 2 is 2.14 bits per heavy atom. The van der Waals surface area contributed by atoms with E-state index in [2.05, 4.69) is 10.5 Å². The molecule has 1 N–H and O–H groups in total. The van der Waals surface area contributed by atoms with Gasteiger partial charge in [0.1, 0.15) is 5.76 Å². The number of amides is 1. The second kappa shape index (κ2) is 5.67. The van der Waals surface area contributed by atoms with Crippen molar-refractivity contribution in [2.24, 2.45) is 7.05 Å². The molecule has 1 amide bonds. The minimum Gasteiger partial charge on any atom is -0.361 e. The number of benzene rings is 1. The summed E-state index contributed by atoms with van der Waals surface area (Å²) in [6, 6.07) is 7.93. The molecule has 0 aliphatic rings. The number of anilines is 1. The van der Waals surface area contributed by atoms with Gasteiger partial charge in [0.25, 0.3) is 0 Å². The van der Waals surface area contributed by atoms with E-state index in [9.17, 15) is 4.79 Å². The van der Waals surface area contributed by atoms with Crippen LogP contribution in [0.3, 0.4) is 0 Å². The van der Waals surface area contributed by atoms with Crippen molar-refractivity contribution in [2.75, 3.05) is 5.32 Å². The molecule has 0 spiro atoms. The molecular weight excluding hydrogens is 278 g/mol. The Morgan fingerprint density at radius 3 is 2.86 bits per heavy atom. The van der Waals surface area contributed by atoms with Gasteiger partial charge in [0.2, 0.25) is 5.91 Å². The Kier molecular flexibility index (Phi) is 3.71. The quantitative estimate of drug-likeness (QED) is 0.803. The van der Waals surface area contributed by atoms with Crippen molar-refractivity contribution in [3.05, 3.63) is 47.5 Å². The minimum atomic E-state index is -0.00338. The lowest BCUT2D eigenvalue weighted by molar-refractivity contribution is -0.116. The van der Waals surface area contributed by atoms with Crippen molar-refractivity contribution >= 4 is 22.5 Å². The summed E-state index contributed by atoms with van der Waals surface area (Å²) in [5.41, 5.74) is 3.83. The van der Waals surface area contributed by atoms with E-state index in [-0.39, 0.29) is 5.91 Å². The first kappa shape index (κ1) is 14.4. The third kappa shape index (κ3) is 2.62. The third-order valence-corrected chi connectivity index (χ3v) is 3.99. The molecule has 5 heteroatoms. The molecule has 0 aliphatic heterocycles. The van der Waals surface area contributed by atoms with E-state index in [0.29, 0.717) is 12.8 Å². The van der Waals surface area contributed by atoms with Crippen molar-refractivity contribution < 1.29 is 9.32 Å². The summed E-state index contributed by atoms with van der Waals surface area (Å²) in [6.45, 7) is 3.77. The van der Waals surface area contributed by atoms with E-state index in [4.69, 9.17) is 4.52 Å². The molecule has 0 atom stereocenters. The standard InChI is InChI=1S/C17H19N3O2/c1-11-13(12(2)22-19-11)7-8-17(21)18-15-5-4-6-16-14(15)9-10-20(16)3/h4-6,9-10H,7-8H2,1-3H3,(H,18,21). The highest BCUT2D eigenvalue weighted by atomic mass is 16.5. The van der Waals surface area contributed by atoms with Gasteiger partial charge in [0.15, 0.2) is 0 Å². The van der Waals surface area contributed by atoms with E-state index in [1.807, 2.05) is 55.9 Å². The Labute approximate surface area is 128 Å². The molecule has 0 saturated heterocycles. The lowest BCUT2D eigenvalue weighted by Gasteiger charge is -2.07. The molecule has 3 rings (SSSR count). The molecule has 0 radical (unpaired) electrons. The molecule has 0 unspecified atom stereocenters. The molecule has 1 aromatic carbocycles. The molecule has 0 aliphatic carbocycles. The highest BCUT2D eigenvalue weighted by Crippen LogP contribution is 2.24. The fraction of sp³-hybridized carbons (Fsp3) is 0.294. The maximum absolute atomic E-state index is 12.2. The topological polar surface area (TPSA) is 60.1 Å². The van der Waals surface area contributed by atoms with Crippen LogP contribution in [-0.4, -0.2) is 15.6 Å². The fourth-order valence-electron chi connectivity index (χ4n) is 2.72. The Hall–Kier alpha value is -2.56. The number of aryl methyl sites for hydroxylation is 3. The molecule has 22 heavy (non-hydrogen) atoms. The largest absolute Gasteiger partial charge is 0.361 e. The van der Waals surface area contributed by atoms with Gasteiger partial charge in [-0.15, -0.1) is 0 Å². The molecule has 3 aromatic rings. The highest BCUT2D eigenvalue weighted by Gasteiger charge is 2.12. The van der Waals surface area contributed by atoms with Crippen molar-refractivity contribution in [2.45, 2.75) is 26.7 Å². The maximum Gasteiger partial charge on any atom is 0.224 e. The second-order valence-corrected chi connectivity index (χ2v) is 5.52. The molecule has 2 aromatic heterocycles.